The van der Waals surface area contributed by atoms with Crippen molar-refractivity contribution in [1.29, 1.82) is 0 Å². The van der Waals surface area contributed by atoms with Crippen molar-refractivity contribution in [2.75, 3.05) is 20.6 Å². The van der Waals surface area contributed by atoms with E-state index in [0.29, 0.717) is 18.0 Å². The second-order valence-electron chi connectivity index (χ2n) is 6.40. The Balaban J connectivity index is 1.66. The Labute approximate surface area is 140 Å². The maximum atomic E-state index is 12.5. The summed E-state index contributed by atoms with van der Waals surface area (Å²) in [4.78, 5) is 20.1. The van der Waals surface area contributed by atoms with E-state index >= 15 is 0 Å². The van der Waals surface area contributed by atoms with E-state index in [4.69, 9.17) is 0 Å². The van der Waals surface area contributed by atoms with Crippen molar-refractivity contribution in [3.63, 3.8) is 0 Å². The molecule has 0 saturated heterocycles. The predicted octanol–water partition coefficient (Wildman–Crippen LogP) is 1.70. The van der Waals surface area contributed by atoms with Crippen LogP contribution >= 0.6 is 11.3 Å². The summed E-state index contributed by atoms with van der Waals surface area (Å²) in [6.07, 6.45) is 5.57. The lowest BCUT2D eigenvalue weighted by molar-refractivity contribution is 0.0949. The van der Waals surface area contributed by atoms with Crippen molar-refractivity contribution < 1.29 is 4.79 Å². The van der Waals surface area contributed by atoms with Crippen LogP contribution in [0.1, 0.15) is 32.4 Å². The number of thiazole rings is 1. The zero-order valence-corrected chi connectivity index (χ0v) is 14.7. The number of carbonyl (C=O) groups excluding carboxylic acids is 1. The number of carbonyl (C=O) groups is 1. The molecular weight excluding hydrogens is 310 g/mol. The van der Waals surface area contributed by atoms with Crippen LogP contribution < -0.4 is 5.32 Å². The highest BCUT2D eigenvalue weighted by Crippen LogP contribution is 2.23. The molecular formula is C16H23N5OS. The first-order chi connectivity index (χ1) is 11.0. The molecule has 3 heterocycles. The van der Waals surface area contributed by atoms with Gasteiger partial charge in [-0.3, -0.25) is 9.48 Å². The first kappa shape index (κ1) is 16.1. The quantitative estimate of drug-likeness (QED) is 0.905. The van der Waals surface area contributed by atoms with Crippen molar-refractivity contribution in [3.05, 3.63) is 33.5 Å². The number of amides is 1. The molecule has 1 aliphatic heterocycles. The van der Waals surface area contributed by atoms with Crippen LogP contribution in [-0.2, 0) is 19.5 Å². The number of nitrogens with one attached hydrogen (secondary N) is 1. The van der Waals surface area contributed by atoms with E-state index in [2.05, 4.69) is 34.4 Å². The maximum absolute atomic E-state index is 12.5. The van der Waals surface area contributed by atoms with Gasteiger partial charge in [-0.2, -0.15) is 5.10 Å². The molecule has 2 aromatic heterocycles. The molecule has 23 heavy (non-hydrogen) atoms. The average Bonchev–Trinajstić information content (AvgIpc) is 3.10. The zero-order chi connectivity index (χ0) is 16.4. The molecule has 0 aliphatic carbocycles. The number of nitrogens with zero attached hydrogens (tertiary/aromatic N) is 4. The smallest absolute Gasteiger partial charge is 0.255 e. The fraction of sp³-hybridized carbons (Fsp3) is 0.562. The van der Waals surface area contributed by atoms with Gasteiger partial charge >= 0.3 is 0 Å². The van der Waals surface area contributed by atoms with Crippen LogP contribution in [0, 0.1) is 12.8 Å². The highest BCUT2D eigenvalue weighted by Gasteiger charge is 2.25. The van der Waals surface area contributed by atoms with Gasteiger partial charge in [0.2, 0.25) is 0 Å². The van der Waals surface area contributed by atoms with Crippen molar-refractivity contribution in [3.8, 4) is 0 Å². The van der Waals surface area contributed by atoms with Crippen molar-refractivity contribution in [2.24, 2.45) is 5.92 Å². The molecule has 1 aliphatic rings. The fourth-order valence-corrected chi connectivity index (χ4v) is 3.82. The van der Waals surface area contributed by atoms with Crippen LogP contribution in [0.2, 0.25) is 0 Å². The Morgan fingerprint density at radius 3 is 3.00 bits per heavy atom. The SMILES string of the molecule is Cc1cnc(CNC(=O)c2cnn3c2C[C@@H](CN(C)C)CC3)s1. The Morgan fingerprint density at radius 1 is 1.48 bits per heavy atom. The summed E-state index contributed by atoms with van der Waals surface area (Å²) >= 11 is 1.61. The normalized spacial score (nSPS) is 17.3. The third-order valence-corrected chi connectivity index (χ3v) is 5.03. The molecule has 0 saturated carbocycles. The van der Waals surface area contributed by atoms with Gasteiger partial charge in [0.1, 0.15) is 5.01 Å². The van der Waals surface area contributed by atoms with Gasteiger partial charge in [-0.25, -0.2) is 4.98 Å². The first-order valence-electron chi connectivity index (χ1n) is 7.92. The highest BCUT2D eigenvalue weighted by molar-refractivity contribution is 7.11. The van der Waals surface area contributed by atoms with Gasteiger partial charge in [-0.05, 0) is 39.8 Å². The molecule has 0 spiro atoms. The largest absolute Gasteiger partial charge is 0.345 e. The first-order valence-corrected chi connectivity index (χ1v) is 8.73. The third-order valence-electron chi connectivity index (χ3n) is 4.12. The van der Waals surface area contributed by atoms with E-state index in [-0.39, 0.29) is 5.91 Å². The molecule has 1 amide bonds. The Morgan fingerprint density at radius 2 is 2.30 bits per heavy atom. The summed E-state index contributed by atoms with van der Waals surface area (Å²) in [6.45, 7) is 4.43. The summed E-state index contributed by atoms with van der Waals surface area (Å²) in [5.41, 5.74) is 1.78. The lowest BCUT2D eigenvalue weighted by Crippen LogP contribution is -2.31. The molecule has 3 rings (SSSR count). The number of hydrogen-bond acceptors (Lipinski definition) is 5. The predicted molar refractivity (Wildman–Crippen MR) is 90.6 cm³/mol. The van der Waals surface area contributed by atoms with Crippen LogP contribution in [0.3, 0.4) is 0 Å². The Hall–Kier alpha value is -1.73. The van der Waals surface area contributed by atoms with Crippen LogP contribution in [0.5, 0.6) is 0 Å². The molecule has 1 atom stereocenters. The molecule has 124 valence electrons. The van der Waals surface area contributed by atoms with E-state index in [1.807, 2.05) is 17.8 Å². The number of hydrogen-bond donors (Lipinski definition) is 1. The monoisotopic (exact) mass is 333 g/mol. The van der Waals surface area contributed by atoms with Gasteiger partial charge in [0.15, 0.2) is 0 Å². The van der Waals surface area contributed by atoms with E-state index < -0.39 is 0 Å². The standard InChI is InChI=1S/C16H23N5OS/c1-11-7-17-15(23-11)9-18-16(22)13-8-19-21-5-4-12(6-14(13)21)10-20(2)3/h7-8,12H,4-6,9-10H2,1-3H3,(H,18,22)/t12-/m0/s1. The highest BCUT2D eigenvalue weighted by atomic mass is 32.1. The van der Waals surface area contributed by atoms with E-state index in [9.17, 15) is 4.79 Å². The molecule has 1 N–H and O–H groups in total. The van der Waals surface area contributed by atoms with Crippen LogP contribution in [0.25, 0.3) is 0 Å². The molecule has 0 bridgehead atoms. The van der Waals surface area contributed by atoms with E-state index in [1.54, 1.807) is 17.5 Å². The van der Waals surface area contributed by atoms with Crippen molar-refractivity contribution in [2.45, 2.75) is 32.9 Å². The van der Waals surface area contributed by atoms with E-state index in [0.717, 1.165) is 41.5 Å². The Bertz CT molecular complexity index is 690. The van der Waals surface area contributed by atoms with Gasteiger partial charge in [0, 0.05) is 24.2 Å². The number of aryl methyl sites for hydroxylation is 2. The molecule has 6 nitrogen and oxygen atoms in total. The summed E-state index contributed by atoms with van der Waals surface area (Å²) in [7, 11) is 4.19. The zero-order valence-electron chi connectivity index (χ0n) is 13.9. The van der Waals surface area contributed by atoms with Gasteiger partial charge in [-0.15, -0.1) is 11.3 Å². The molecule has 0 radical (unpaired) electrons. The molecule has 0 aromatic carbocycles. The minimum Gasteiger partial charge on any atom is -0.345 e. The van der Waals surface area contributed by atoms with Gasteiger partial charge in [-0.1, -0.05) is 0 Å². The van der Waals surface area contributed by atoms with Crippen LogP contribution in [0.4, 0.5) is 0 Å². The van der Waals surface area contributed by atoms with Crippen LogP contribution in [-0.4, -0.2) is 46.2 Å². The topological polar surface area (TPSA) is 63.1 Å². The van der Waals surface area contributed by atoms with Crippen LogP contribution in [0.15, 0.2) is 12.4 Å². The minimum atomic E-state index is -0.0513. The van der Waals surface area contributed by atoms with Gasteiger partial charge in [0.25, 0.3) is 5.91 Å². The van der Waals surface area contributed by atoms with Crippen molar-refractivity contribution >= 4 is 17.2 Å². The van der Waals surface area contributed by atoms with E-state index in [1.165, 1.54) is 0 Å². The lowest BCUT2D eigenvalue weighted by atomic mass is 9.94. The number of fused-ring (bicyclic) bond motifs is 1. The van der Waals surface area contributed by atoms with Gasteiger partial charge in [0.05, 0.1) is 24.0 Å². The molecule has 0 unspecified atom stereocenters. The summed E-state index contributed by atoms with van der Waals surface area (Å²) in [6, 6.07) is 0. The lowest BCUT2D eigenvalue weighted by Gasteiger charge is -2.26. The summed E-state index contributed by atoms with van der Waals surface area (Å²) in [5, 5.41) is 8.28. The molecule has 0 fully saturated rings. The maximum Gasteiger partial charge on any atom is 0.255 e. The fourth-order valence-electron chi connectivity index (χ4n) is 3.10. The average molecular weight is 333 g/mol. The molecule has 7 heteroatoms. The second kappa shape index (κ2) is 6.80. The van der Waals surface area contributed by atoms with Crippen molar-refractivity contribution in [1.82, 2.24) is 25.0 Å². The third kappa shape index (κ3) is 3.79. The minimum absolute atomic E-state index is 0.0513. The molecule has 2 aromatic rings. The summed E-state index contributed by atoms with van der Waals surface area (Å²) in [5.74, 6) is 0.534. The number of aromatic nitrogens is 3. The second-order valence-corrected chi connectivity index (χ2v) is 7.72. The van der Waals surface area contributed by atoms with Gasteiger partial charge < -0.3 is 10.2 Å². The Kier molecular flexibility index (Phi) is 4.77. The number of rotatable bonds is 5. The summed E-state index contributed by atoms with van der Waals surface area (Å²) < 4.78 is 1.98.